The molecular formula is C16H24N2O3. The molecule has 1 aliphatic rings. The van der Waals surface area contributed by atoms with Crippen molar-refractivity contribution in [2.45, 2.75) is 26.4 Å². The molecular weight excluding hydrogens is 268 g/mol. The number of fused-ring (bicyclic) bond motifs is 1. The van der Waals surface area contributed by atoms with Crippen LogP contribution in [0.25, 0.3) is 0 Å². The van der Waals surface area contributed by atoms with E-state index in [9.17, 15) is 9.90 Å². The minimum absolute atomic E-state index is 0.0575. The summed E-state index contributed by atoms with van der Waals surface area (Å²) in [4.78, 5) is 15.3. The Balaban J connectivity index is 2.10. The van der Waals surface area contributed by atoms with E-state index in [1.54, 1.807) is 11.8 Å². The Bertz CT molecular complexity index is 504. The average molecular weight is 292 g/mol. The first-order valence-electron chi connectivity index (χ1n) is 7.49. The zero-order valence-corrected chi connectivity index (χ0v) is 12.7. The first kappa shape index (κ1) is 15.9. The number of aliphatic hydroxyl groups is 2. The van der Waals surface area contributed by atoms with E-state index in [0.717, 1.165) is 36.3 Å². The summed E-state index contributed by atoms with van der Waals surface area (Å²) in [6, 6.07) is 5.80. The molecule has 0 bridgehead atoms. The van der Waals surface area contributed by atoms with E-state index in [1.807, 2.05) is 30.0 Å². The lowest BCUT2D eigenvalue weighted by Crippen LogP contribution is -2.31. The lowest BCUT2D eigenvalue weighted by atomic mass is 10.0. The van der Waals surface area contributed by atoms with Crippen LogP contribution in [0.2, 0.25) is 0 Å². The largest absolute Gasteiger partial charge is 0.395 e. The van der Waals surface area contributed by atoms with E-state index < -0.39 is 6.10 Å². The van der Waals surface area contributed by atoms with Gasteiger partial charge in [-0.05, 0) is 30.2 Å². The molecule has 1 aromatic rings. The molecule has 116 valence electrons. The third-order valence-corrected chi connectivity index (χ3v) is 4.06. The van der Waals surface area contributed by atoms with Crippen LogP contribution < -0.4 is 4.90 Å². The smallest absolute Gasteiger partial charge is 0.223 e. The summed E-state index contributed by atoms with van der Waals surface area (Å²) in [6.45, 7) is 6.26. The van der Waals surface area contributed by atoms with Gasteiger partial charge in [0.2, 0.25) is 5.91 Å². The van der Waals surface area contributed by atoms with Gasteiger partial charge in [-0.2, -0.15) is 0 Å². The van der Waals surface area contributed by atoms with Crippen molar-refractivity contribution in [3.63, 3.8) is 0 Å². The number of carbonyl (C=O) groups excluding carboxylic acids is 1. The number of hydrogen-bond donors (Lipinski definition) is 2. The molecule has 1 heterocycles. The standard InChI is InChI=1S/C16H24N2O3/c1-3-17(8-9-19)11-16(21)14-4-5-15-13(10-14)6-7-18(15)12(2)20/h4-5,10,16,19,21H,3,6-9,11H2,1-2H3. The molecule has 1 atom stereocenters. The van der Waals surface area contributed by atoms with Crippen LogP contribution in [0.3, 0.4) is 0 Å². The molecule has 0 fully saturated rings. The lowest BCUT2D eigenvalue weighted by molar-refractivity contribution is -0.116. The van der Waals surface area contributed by atoms with Crippen LogP contribution in [0, 0.1) is 0 Å². The number of aliphatic hydroxyl groups excluding tert-OH is 2. The van der Waals surface area contributed by atoms with Gasteiger partial charge in [-0.1, -0.05) is 19.1 Å². The predicted molar refractivity (Wildman–Crippen MR) is 82.3 cm³/mol. The van der Waals surface area contributed by atoms with Crippen LogP contribution >= 0.6 is 0 Å². The molecule has 2 rings (SSSR count). The Labute approximate surface area is 125 Å². The Morgan fingerprint density at radius 3 is 2.86 bits per heavy atom. The van der Waals surface area contributed by atoms with Gasteiger partial charge in [-0.15, -0.1) is 0 Å². The Hall–Kier alpha value is -1.43. The molecule has 1 aromatic carbocycles. The minimum atomic E-state index is -0.576. The number of amides is 1. The molecule has 1 aliphatic heterocycles. The monoisotopic (exact) mass is 292 g/mol. The summed E-state index contributed by atoms with van der Waals surface area (Å²) < 4.78 is 0. The maximum Gasteiger partial charge on any atom is 0.223 e. The number of nitrogens with zero attached hydrogens (tertiary/aromatic N) is 2. The second-order valence-electron chi connectivity index (χ2n) is 5.44. The van der Waals surface area contributed by atoms with Crippen molar-refractivity contribution in [3.8, 4) is 0 Å². The summed E-state index contributed by atoms with van der Waals surface area (Å²) in [5.74, 6) is 0.0575. The van der Waals surface area contributed by atoms with Crippen molar-refractivity contribution in [2.75, 3.05) is 37.7 Å². The van der Waals surface area contributed by atoms with Gasteiger partial charge in [0.1, 0.15) is 0 Å². The zero-order valence-electron chi connectivity index (χ0n) is 12.7. The average Bonchev–Trinajstić information content (AvgIpc) is 2.89. The molecule has 5 nitrogen and oxygen atoms in total. The topological polar surface area (TPSA) is 64.0 Å². The molecule has 0 aromatic heterocycles. The molecule has 1 amide bonds. The van der Waals surface area contributed by atoms with E-state index in [-0.39, 0.29) is 12.5 Å². The fourth-order valence-corrected chi connectivity index (χ4v) is 2.83. The Kier molecular flexibility index (Phi) is 5.33. The van der Waals surface area contributed by atoms with Crippen LogP contribution in [0.1, 0.15) is 31.1 Å². The van der Waals surface area contributed by atoms with E-state index in [0.29, 0.717) is 13.1 Å². The fourth-order valence-electron chi connectivity index (χ4n) is 2.83. The van der Waals surface area contributed by atoms with Gasteiger partial charge in [-0.3, -0.25) is 9.69 Å². The maximum absolute atomic E-state index is 11.5. The van der Waals surface area contributed by atoms with Crippen molar-refractivity contribution in [1.29, 1.82) is 0 Å². The van der Waals surface area contributed by atoms with Gasteiger partial charge in [-0.25, -0.2) is 0 Å². The van der Waals surface area contributed by atoms with Gasteiger partial charge in [0, 0.05) is 32.2 Å². The molecule has 0 saturated carbocycles. The van der Waals surface area contributed by atoms with Gasteiger partial charge < -0.3 is 15.1 Å². The Morgan fingerprint density at radius 2 is 2.24 bits per heavy atom. The summed E-state index contributed by atoms with van der Waals surface area (Å²) in [5, 5.41) is 19.3. The highest BCUT2D eigenvalue weighted by Gasteiger charge is 2.23. The molecule has 0 aliphatic carbocycles. The molecule has 0 saturated heterocycles. The quantitative estimate of drug-likeness (QED) is 0.819. The highest BCUT2D eigenvalue weighted by atomic mass is 16.3. The first-order chi connectivity index (χ1) is 10.1. The normalized spacial score (nSPS) is 15.4. The van der Waals surface area contributed by atoms with Crippen LogP contribution in [-0.2, 0) is 11.2 Å². The van der Waals surface area contributed by atoms with Crippen molar-refractivity contribution >= 4 is 11.6 Å². The number of hydrogen-bond acceptors (Lipinski definition) is 4. The molecule has 0 spiro atoms. The summed E-state index contributed by atoms with van der Waals surface area (Å²) in [5.41, 5.74) is 2.95. The highest BCUT2D eigenvalue weighted by molar-refractivity contribution is 5.93. The second kappa shape index (κ2) is 7.02. The van der Waals surface area contributed by atoms with Crippen LogP contribution in [0.15, 0.2) is 18.2 Å². The van der Waals surface area contributed by atoms with Crippen molar-refractivity contribution < 1.29 is 15.0 Å². The third-order valence-electron chi connectivity index (χ3n) is 4.06. The summed E-state index contributed by atoms with van der Waals surface area (Å²) in [6.07, 6.45) is 0.261. The SMILES string of the molecule is CCN(CCO)CC(O)c1ccc2c(c1)CCN2C(C)=O. The fraction of sp³-hybridized carbons (Fsp3) is 0.562. The van der Waals surface area contributed by atoms with E-state index >= 15 is 0 Å². The third kappa shape index (κ3) is 3.61. The summed E-state index contributed by atoms with van der Waals surface area (Å²) in [7, 11) is 0. The number of anilines is 1. The van der Waals surface area contributed by atoms with Crippen LogP contribution in [0.4, 0.5) is 5.69 Å². The molecule has 21 heavy (non-hydrogen) atoms. The molecule has 1 unspecified atom stereocenters. The van der Waals surface area contributed by atoms with Crippen LogP contribution in [-0.4, -0.2) is 53.8 Å². The summed E-state index contributed by atoms with van der Waals surface area (Å²) >= 11 is 0. The van der Waals surface area contributed by atoms with Crippen molar-refractivity contribution in [3.05, 3.63) is 29.3 Å². The van der Waals surface area contributed by atoms with Gasteiger partial charge in [0.25, 0.3) is 0 Å². The van der Waals surface area contributed by atoms with Gasteiger partial charge >= 0.3 is 0 Å². The van der Waals surface area contributed by atoms with Gasteiger partial charge in [0.05, 0.1) is 12.7 Å². The maximum atomic E-state index is 11.5. The van der Waals surface area contributed by atoms with Crippen molar-refractivity contribution in [2.24, 2.45) is 0 Å². The minimum Gasteiger partial charge on any atom is -0.395 e. The second-order valence-corrected chi connectivity index (χ2v) is 5.44. The predicted octanol–water partition coefficient (Wildman–Crippen LogP) is 0.943. The number of benzene rings is 1. The van der Waals surface area contributed by atoms with E-state index in [1.165, 1.54) is 0 Å². The first-order valence-corrected chi connectivity index (χ1v) is 7.49. The Morgan fingerprint density at radius 1 is 1.48 bits per heavy atom. The molecule has 5 heteroatoms. The van der Waals surface area contributed by atoms with Crippen molar-refractivity contribution in [1.82, 2.24) is 4.90 Å². The highest BCUT2D eigenvalue weighted by Crippen LogP contribution is 2.30. The van der Waals surface area contributed by atoms with E-state index in [4.69, 9.17) is 5.11 Å². The van der Waals surface area contributed by atoms with Crippen LogP contribution in [0.5, 0.6) is 0 Å². The number of likely N-dealkylation sites (N-methyl/N-ethyl adjacent to an activating group) is 1. The van der Waals surface area contributed by atoms with Gasteiger partial charge in [0.15, 0.2) is 0 Å². The lowest BCUT2D eigenvalue weighted by Gasteiger charge is -2.23. The molecule has 2 N–H and O–H groups in total. The zero-order chi connectivity index (χ0) is 15.4. The number of carbonyl (C=O) groups is 1. The number of rotatable bonds is 6. The molecule has 0 radical (unpaired) electrons. The van der Waals surface area contributed by atoms with E-state index in [2.05, 4.69) is 0 Å².